The Hall–Kier alpha value is -2.38. The number of nitrogens with one attached hydrogen (secondary N) is 1. The number of aliphatic hydroxyl groups is 5. The van der Waals surface area contributed by atoms with Crippen molar-refractivity contribution >= 4 is 11.9 Å². The van der Waals surface area contributed by atoms with Crippen molar-refractivity contribution in [2.24, 2.45) is 0 Å². The highest BCUT2D eigenvalue weighted by Gasteiger charge is 2.44. The predicted molar refractivity (Wildman–Crippen MR) is 426 cm³/mol. The Balaban J connectivity index is 1.88. The van der Waals surface area contributed by atoms with Crippen LogP contribution in [0.4, 0.5) is 0 Å². The molecule has 0 aromatic rings. The maximum Gasteiger partial charge on any atom is 0.305 e. The van der Waals surface area contributed by atoms with Crippen molar-refractivity contribution in [1.82, 2.24) is 5.32 Å². The molecule has 7 atom stereocenters. The Kier molecular flexibility index (Phi) is 74.3. The van der Waals surface area contributed by atoms with E-state index in [1.165, 1.54) is 353 Å². The summed E-state index contributed by atoms with van der Waals surface area (Å²) in [5, 5.41) is 54.7. The van der Waals surface area contributed by atoms with Crippen LogP contribution in [0.25, 0.3) is 0 Å². The number of unbranched alkanes of at least 4 members (excludes halogenated alkanes) is 59. The standard InChI is InChI=1S/C89H167NO10/c1-3-5-7-9-11-13-15-17-19-20-45-49-53-57-61-65-69-73-77-85(94)98-78-74-70-66-62-58-54-50-46-43-41-39-37-35-33-31-29-27-25-23-21-22-24-26-28-30-32-34-36-38-40-42-44-48-52-56-60-64-68-72-76-84(93)90-81(80-99-89-88(97)87(96)86(95)83(79-91)100-89)82(92)75-71-67-63-59-55-51-47-18-16-14-12-10-8-6-4-2/h13,15,19-22,71,75,81-83,86-89,91-92,95-97H,3-12,14,16-18,23-70,72-74,76-80H2,1-2H3,(H,90,93)/b15-13-,20-19-,22-21-,75-71+. The molecular formula is C89H167NO10. The minimum Gasteiger partial charge on any atom is -0.466 e. The first-order chi connectivity index (χ1) is 49.2. The summed E-state index contributed by atoms with van der Waals surface area (Å²) in [5.41, 5.74) is 0. The highest BCUT2D eigenvalue weighted by atomic mass is 16.7. The molecule has 0 radical (unpaired) electrons. The lowest BCUT2D eigenvalue weighted by atomic mass is 9.99. The van der Waals surface area contributed by atoms with Crippen LogP contribution >= 0.6 is 0 Å². The molecule has 1 fully saturated rings. The Bertz CT molecular complexity index is 1800. The van der Waals surface area contributed by atoms with E-state index in [1.807, 2.05) is 6.08 Å². The van der Waals surface area contributed by atoms with E-state index >= 15 is 0 Å². The van der Waals surface area contributed by atoms with Crippen LogP contribution in [0.1, 0.15) is 444 Å². The maximum absolute atomic E-state index is 13.1. The van der Waals surface area contributed by atoms with Gasteiger partial charge in [-0.2, -0.15) is 0 Å². The van der Waals surface area contributed by atoms with Gasteiger partial charge < -0.3 is 45.1 Å². The number of ether oxygens (including phenoxy) is 3. The zero-order chi connectivity index (χ0) is 72.2. The molecule has 588 valence electrons. The van der Waals surface area contributed by atoms with E-state index < -0.39 is 49.5 Å². The smallest absolute Gasteiger partial charge is 0.305 e. The summed E-state index contributed by atoms with van der Waals surface area (Å²) in [6, 6.07) is -0.808. The summed E-state index contributed by atoms with van der Waals surface area (Å²) in [6.07, 6.45) is 94.5. The summed E-state index contributed by atoms with van der Waals surface area (Å²) in [6.45, 7) is 4.39. The minimum atomic E-state index is -1.57. The summed E-state index contributed by atoms with van der Waals surface area (Å²) in [7, 11) is 0. The molecule has 1 saturated heterocycles. The van der Waals surface area contributed by atoms with Gasteiger partial charge in [-0.05, 0) is 89.9 Å². The molecule has 0 aliphatic carbocycles. The average molecular weight is 1410 g/mol. The molecule has 100 heavy (non-hydrogen) atoms. The Labute approximate surface area is 618 Å². The normalized spacial score (nSPS) is 17.3. The topological polar surface area (TPSA) is 175 Å². The van der Waals surface area contributed by atoms with Crippen LogP contribution in [-0.2, 0) is 23.8 Å². The number of hydrogen-bond donors (Lipinski definition) is 6. The zero-order valence-electron chi connectivity index (χ0n) is 65.9. The molecule has 1 aliphatic rings. The highest BCUT2D eigenvalue weighted by molar-refractivity contribution is 5.76. The van der Waals surface area contributed by atoms with Gasteiger partial charge in [0.25, 0.3) is 0 Å². The van der Waals surface area contributed by atoms with Crippen molar-refractivity contribution in [2.75, 3.05) is 19.8 Å². The number of allylic oxidation sites excluding steroid dienone is 7. The largest absolute Gasteiger partial charge is 0.466 e. The summed E-state index contributed by atoms with van der Waals surface area (Å²) < 4.78 is 16.8. The van der Waals surface area contributed by atoms with E-state index in [4.69, 9.17) is 14.2 Å². The molecular weight excluding hydrogens is 1240 g/mol. The molecule has 0 bridgehead atoms. The fourth-order valence-electron chi connectivity index (χ4n) is 14.1. The minimum absolute atomic E-state index is 0.0101. The molecule has 11 heteroatoms. The van der Waals surface area contributed by atoms with E-state index in [9.17, 15) is 35.1 Å². The van der Waals surface area contributed by atoms with Crippen LogP contribution in [0, 0.1) is 0 Å². The van der Waals surface area contributed by atoms with Crippen LogP contribution in [0.3, 0.4) is 0 Å². The lowest BCUT2D eigenvalue weighted by Gasteiger charge is -2.40. The van der Waals surface area contributed by atoms with Gasteiger partial charge in [-0.15, -0.1) is 0 Å². The second-order valence-corrected chi connectivity index (χ2v) is 30.6. The quantitative estimate of drug-likeness (QED) is 0.0195. The maximum atomic E-state index is 13.1. The van der Waals surface area contributed by atoms with Gasteiger partial charge >= 0.3 is 5.97 Å². The molecule has 1 rings (SSSR count). The highest BCUT2D eigenvalue weighted by Crippen LogP contribution is 2.24. The molecule has 0 saturated carbocycles. The van der Waals surface area contributed by atoms with Gasteiger partial charge in [-0.1, -0.05) is 390 Å². The van der Waals surface area contributed by atoms with Crippen molar-refractivity contribution < 1.29 is 49.3 Å². The number of esters is 1. The fourth-order valence-corrected chi connectivity index (χ4v) is 14.1. The van der Waals surface area contributed by atoms with Crippen molar-refractivity contribution in [3.05, 3.63) is 48.6 Å². The van der Waals surface area contributed by atoms with Crippen molar-refractivity contribution in [1.29, 1.82) is 0 Å². The number of carbonyl (C=O) groups excluding carboxylic acids is 2. The lowest BCUT2D eigenvalue weighted by Crippen LogP contribution is -2.60. The molecule has 0 spiro atoms. The summed E-state index contributed by atoms with van der Waals surface area (Å²) in [4.78, 5) is 25.3. The summed E-state index contributed by atoms with van der Waals surface area (Å²) >= 11 is 0. The molecule has 1 amide bonds. The van der Waals surface area contributed by atoms with Crippen molar-refractivity contribution in [3.63, 3.8) is 0 Å². The second-order valence-electron chi connectivity index (χ2n) is 30.6. The van der Waals surface area contributed by atoms with E-state index in [-0.39, 0.29) is 18.5 Å². The van der Waals surface area contributed by atoms with E-state index in [0.29, 0.717) is 19.4 Å². The third kappa shape index (κ3) is 65.2. The van der Waals surface area contributed by atoms with Gasteiger partial charge in [0, 0.05) is 12.8 Å². The third-order valence-corrected chi connectivity index (χ3v) is 20.9. The number of carbonyl (C=O) groups is 2. The van der Waals surface area contributed by atoms with Crippen LogP contribution in [0.5, 0.6) is 0 Å². The first-order valence-corrected chi connectivity index (χ1v) is 43.9. The fraction of sp³-hybridized carbons (Fsp3) is 0.888. The lowest BCUT2D eigenvalue weighted by molar-refractivity contribution is -0.302. The van der Waals surface area contributed by atoms with Crippen LogP contribution in [0.2, 0.25) is 0 Å². The molecule has 7 unspecified atom stereocenters. The van der Waals surface area contributed by atoms with Gasteiger partial charge in [-0.3, -0.25) is 9.59 Å². The van der Waals surface area contributed by atoms with Gasteiger partial charge in [-0.25, -0.2) is 0 Å². The zero-order valence-corrected chi connectivity index (χ0v) is 65.9. The molecule has 1 heterocycles. The second kappa shape index (κ2) is 77.7. The monoisotopic (exact) mass is 1410 g/mol. The van der Waals surface area contributed by atoms with Gasteiger partial charge in [0.2, 0.25) is 5.91 Å². The number of hydrogen-bond acceptors (Lipinski definition) is 10. The molecule has 1 aliphatic heterocycles. The van der Waals surface area contributed by atoms with Gasteiger partial charge in [0.1, 0.15) is 24.4 Å². The van der Waals surface area contributed by atoms with E-state index in [0.717, 1.165) is 64.2 Å². The molecule has 0 aromatic carbocycles. The first-order valence-electron chi connectivity index (χ1n) is 43.9. The molecule has 0 aromatic heterocycles. The van der Waals surface area contributed by atoms with E-state index in [1.54, 1.807) is 6.08 Å². The molecule has 6 N–H and O–H groups in total. The average Bonchev–Trinajstić information content (AvgIpc) is 0.822. The van der Waals surface area contributed by atoms with Crippen LogP contribution < -0.4 is 5.32 Å². The Morgan fingerprint density at radius 1 is 0.370 bits per heavy atom. The Morgan fingerprint density at radius 2 is 0.670 bits per heavy atom. The number of aliphatic hydroxyl groups excluding tert-OH is 5. The van der Waals surface area contributed by atoms with Crippen LogP contribution in [-0.4, -0.2) is 100 Å². The van der Waals surface area contributed by atoms with E-state index in [2.05, 4.69) is 55.6 Å². The van der Waals surface area contributed by atoms with Crippen molar-refractivity contribution in [2.45, 2.75) is 487 Å². The third-order valence-electron chi connectivity index (χ3n) is 20.9. The number of rotatable bonds is 79. The summed E-state index contributed by atoms with van der Waals surface area (Å²) in [5.74, 6) is -0.164. The van der Waals surface area contributed by atoms with Crippen molar-refractivity contribution in [3.8, 4) is 0 Å². The van der Waals surface area contributed by atoms with Gasteiger partial charge in [0.05, 0.1) is 32.0 Å². The SMILES string of the molecule is CCCCCC/C=C\C/C=C\CCCCCCCCCC(=O)OCCCCCCCCCCCCCCCCCCCC/C=C\CCCCCCCCCCCCCCCCCCCC(=O)NC(COC1OC(CO)C(O)C(O)C1O)C(O)/C=C/CCCCCCCCCCCCCCC. The predicted octanol–water partition coefficient (Wildman–Crippen LogP) is 24.6. The van der Waals surface area contributed by atoms with Gasteiger partial charge in [0.15, 0.2) is 6.29 Å². The first kappa shape index (κ1) is 95.6. The van der Waals surface area contributed by atoms with Crippen LogP contribution in [0.15, 0.2) is 48.6 Å². The molecule has 11 nitrogen and oxygen atoms in total. The Morgan fingerprint density at radius 3 is 1.03 bits per heavy atom. The number of amides is 1.